The molecule has 1 aromatic carbocycles. The minimum atomic E-state index is -3.73. The fourth-order valence-electron chi connectivity index (χ4n) is 1.51. The van der Waals surface area contributed by atoms with Crippen LogP contribution < -0.4 is 10.5 Å². The highest BCUT2D eigenvalue weighted by Gasteiger charge is 2.12. The van der Waals surface area contributed by atoms with Gasteiger partial charge < -0.3 is 5.32 Å². The molecule has 0 atom stereocenters. The quantitative estimate of drug-likeness (QED) is 0.835. The van der Waals surface area contributed by atoms with E-state index in [9.17, 15) is 17.6 Å². The van der Waals surface area contributed by atoms with E-state index >= 15 is 0 Å². The first-order valence-corrected chi connectivity index (χ1v) is 8.78. The average molecular weight is 393 g/mol. The average Bonchev–Trinajstić information content (AvgIpc) is 2.88. The Labute approximate surface area is 133 Å². The normalized spacial score (nSPS) is 11.4. The van der Waals surface area contributed by atoms with Crippen LogP contribution in [0.1, 0.15) is 15.2 Å². The van der Waals surface area contributed by atoms with Crippen molar-refractivity contribution < 1.29 is 17.6 Å². The van der Waals surface area contributed by atoms with Gasteiger partial charge in [0, 0.05) is 10.4 Å². The summed E-state index contributed by atoms with van der Waals surface area (Å²) in [6, 6.07) is 6.97. The number of halogens is 2. The van der Waals surface area contributed by atoms with Gasteiger partial charge in [0.2, 0.25) is 10.0 Å². The van der Waals surface area contributed by atoms with Crippen molar-refractivity contribution in [3.05, 3.63) is 51.1 Å². The van der Waals surface area contributed by atoms with E-state index in [0.29, 0.717) is 4.88 Å². The number of carbonyl (C=O) groups excluding carboxylic acids is 1. The second kappa shape index (κ2) is 6.22. The number of sulfonamides is 1. The number of nitrogens with two attached hydrogens (primary N) is 1. The largest absolute Gasteiger partial charge is 0.347 e. The Hall–Kier alpha value is -1.29. The van der Waals surface area contributed by atoms with Crippen LogP contribution in [0.3, 0.4) is 0 Å². The summed E-state index contributed by atoms with van der Waals surface area (Å²) in [6.07, 6.45) is 0. The molecule has 2 rings (SSSR count). The zero-order valence-corrected chi connectivity index (χ0v) is 13.7. The van der Waals surface area contributed by atoms with Crippen LogP contribution in [0.15, 0.2) is 39.0 Å². The van der Waals surface area contributed by atoms with Crippen molar-refractivity contribution >= 4 is 43.2 Å². The molecule has 1 heterocycles. The van der Waals surface area contributed by atoms with Crippen LogP contribution in [-0.4, -0.2) is 14.3 Å². The van der Waals surface area contributed by atoms with Gasteiger partial charge in [-0.1, -0.05) is 0 Å². The SMILES string of the molecule is NS(=O)(=O)c1ccc(CNC(=O)c2ccc(Br)c(F)c2)s1. The van der Waals surface area contributed by atoms with Crippen molar-refractivity contribution in [2.24, 2.45) is 5.14 Å². The van der Waals surface area contributed by atoms with Crippen LogP contribution in [0.4, 0.5) is 4.39 Å². The summed E-state index contributed by atoms with van der Waals surface area (Å²) in [5.74, 6) is -0.984. The maximum Gasteiger partial charge on any atom is 0.251 e. The number of rotatable bonds is 4. The van der Waals surface area contributed by atoms with Crippen molar-refractivity contribution in [1.82, 2.24) is 5.32 Å². The van der Waals surface area contributed by atoms with Gasteiger partial charge in [-0.3, -0.25) is 4.79 Å². The predicted molar refractivity (Wildman–Crippen MR) is 81.0 cm³/mol. The highest BCUT2D eigenvalue weighted by Crippen LogP contribution is 2.20. The van der Waals surface area contributed by atoms with Crippen molar-refractivity contribution in [3.8, 4) is 0 Å². The molecule has 0 radical (unpaired) electrons. The van der Waals surface area contributed by atoms with Gasteiger partial charge in [0.25, 0.3) is 5.91 Å². The fraction of sp³-hybridized carbons (Fsp3) is 0.0833. The summed E-state index contributed by atoms with van der Waals surface area (Å²) in [7, 11) is -3.73. The van der Waals surface area contributed by atoms with E-state index in [1.165, 1.54) is 18.2 Å². The number of thiophene rings is 1. The standard InChI is InChI=1S/C12H10BrFN2O3S2/c13-9-3-1-7(5-10(9)14)12(17)16-6-8-2-4-11(20-8)21(15,18)19/h1-5H,6H2,(H,16,17)(H2,15,18,19). The number of nitrogens with one attached hydrogen (secondary N) is 1. The molecular formula is C12H10BrFN2O3S2. The molecule has 0 spiro atoms. The molecule has 0 unspecified atom stereocenters. The molecule has 0 aliphatic carbocycles. The first-order valence-electron chi connectivity index (χ1n) is 5.62. The van der Waals surface area contributed by atoms with Crippen LogP contribution >= 0.6 is 27.3 Å². The second-order valence-electron chi connectivity index (χ2n) is 4.08. The van der Waals surface area contributed by atoms with Crippen LogP contribution in [0.5, 0.6) is 0 Å². The van der Waals surface area contributed by atoms with Gasteiger partial charge in [0.1, 0.15) is 10.0 Å². The molecule has 2 aromatic rings. The third-order valence-electron chi connectivity index (χ3n) is 2.52. The van der Waals surface area contributed by atoms with Crippen LogP contribution in [0, 0.1) is 5.82 Å². The number of hydrogen-bond acceptors (Lipinski definition) is 4. The lowest BCUT2D eigenvalue weighted by atomic mass is 10.2. The molecule has 112 valence electrons. The lowest BCUT2D eigenvalue weighted by Crippen LogP contribution is -2.22. The number of amides is 1. The smallest absolute Gasteiger partial charge is 0.251 e. The van der Waals surface area contributed by atoms with Gasteiger partial charge >= 0.3 is 0 Å². The van der Waals surface area contributed by atoms with Gasteiger partial charge in [0.15, 0.2) is 0 Å². The van der Waals surface area contributed by atoms with Crippen LogP contribution in [0.25, 0.3) is 0 Å². The lowest BCUT2D eigenvalue weighted by Gasteiger charge is -2.04. The molecular weight excluding hydrogens is 383 g/mol. The Morgan fingerprint density at radius 2 is 2.05 bits per heavy atom. The Morgan fingerprint density at radius 1 is 1.33 bits per heavy atom. The molecule has 0 bridgehead atoms. The van der Waals surface area contributed by atoms with E-state index in [-0.39, 0.29) is 20.8 Å². The maximum absolute atomic E-state index is 13.3. The first-order chi connectivity index (χ1) is 9.77. The van der Waals surface area contributed by atoms with Gasteiger partial charge in [-0.05, 0) is 46.3 Å². The van der Waals surface area contributed by atoms with Gasteiger partial charge in [-0.2, -0.15) is 0 Å². The number of hydrogen-bond donors (Lipinski definition) is 2. The molecule has 0 aliphatic heterocycles. The summed E-state index contributed by atoms with van der Waals surface area (Å²) >= 11 is 3.98. The van der Waals surface area contributed by atoms with E-state index in [1.807, 2.05) is 0 Å². The van der Waals surface area contributed by atoms with E-state index in [0.717, 1.165) is 17.4 Å². The monoisotopic (exact) mass is 392 g/mol. The Balaban J connectivity index is 2.04. The molecule has 5 nitrogen and oxygen atoms in total. The topological polar surface area (TPSA) is 89.3 Å². The van der Waals surface area contributed by atoms with Crippen molar-refractivity contribution in [1.29, 1.82) is 0 Å². The zero-order valence-electron chi connectivity index (χ0n) is 10.5. The molecule has 21 heavy (non-hydrogen) atoms. The Kier molecular flexibility index (Phi) is 4.77. The summed E-state index contributed by atoms with van der Waals surface area (Å²) in [5, 5.41) is 7.58. The van der Waals surface area contributed by atoms with E-state index < -0.39 is 21.7 Å². The summed E-state index contributed by atoms with van der Waals surface area (Å²) in [6.45, 7) is 0.136. The Morgan fingerprint density at radius 3 is 2.62 bits per heavy atom. The molecule has 0 saturated heterocycles. The van der Waals surface area contributed by atoms with E-state index in [4.69, 9.17) is 5.14 Å². The molecule has 3 N–H and O–H groups in total. The first kappa shape index (κ1) is 16.1. The molecule has 0 aliphatic rings. The minimum absolute atomic E-state index is 0.0291. The van der Waals surface area contributed by atoms with Crippen LogP contribution in [-0.2, 0) is 16.6 Å². The Bertz CT molecular complexity index is 790. The van der Waals surface area contributed by atoms with Crippen molar-refractivity contribution in [2.75, 3.05) is 0 Å². The summed E-state index contributed by atoms with van der Waals surface area (Å²) in [4.78, 5) is 12.5. The fourth-order valence-corrected chi connectivity index (χ4v) is 3.48. The number of carbonyl (C=O) groups is 1. The number of primary sulfonamides is 1. The minimum Gasteiger partial charge on any atom is -0.347 e. The molecule has 9 heteroatoms. The highest BCUT2D eigenvalue weighted by atomic mass is 79.9. The number of benzene rings is 1. The molecule has 0 fully saturated rings. The van der Waals surface area contributed by atoms with Gasteiger partial charge in [0.05, 0.1) is 11.0 Å². The van der Waals surface area contributed by atoms with Gasteiger partial charge in [-0.25, -0.2) is 17.9 Å². The lowest BCUT2D eigenvalue weighted by molar-refractivity contribution is 0.0951. The maximum atomic E-state index is 13.3. The second-order valence-corrected chi connectivity index (χ2v) is 7.89. The van der Waals surface area contributed by atoms with Gasteiger partial charge in [-0.15, -0.1) is 11.3 Å². The summed E-state index contributed by atoms with van der Waals surface area (Å²) in [5.41, 5.74) is 0.180. The predicted octanol–water partition coefficient (Wildman–Crippen LogP) is 2.23. The van der Waals surface area contributed by atoms with E-state index in [2.05, 4.69) is 21.2 Å². The third kappa shape index (κ3) is 4.10. The molecule has 0 saturated carbocycles. The van der Waals surface area contributed by atoms with Crippen LogP contribution in [0.2, 0.25) is 0 Å². The van der Waals surface area contributed by atoms with Crippen molar-refractivity contribution in [3.63, 3.8) is 0 Å². The van der Waals surface area contributed by atoms with E-state index in [1.54, 1.807) is 6.07 Å². The third-order valence-corrected chi connectivity index (χ3v) is 5.69. The molecule has 1 amide bonds. The highest BCUT2D eigenvalue weighted by molar-refractivity contribution is 9.10. The zero-order chi connectivity index (χ0) is 15.6. The molecule has 1 aromatic heterocycles. The van der Waals surface area contributed by atoms with Crippen molar-refractivity contribution in [2.45, 2.75) is 10.8 Å². The summed E-state index contributed by atoms with van der Waals surface area (Å²) < 4.78 is 35.9.